The summed E-state index contributed by atoms with van der Waals surface area (Å²) in [6.07, 6.45) is 1.56. The summed E-state index contributed by atoms with van der Waals surface area (Å²) in [5.74, 6) is 0.261. The summed E-state index contributed by atoms with van der Waals surface area (Å²) in [6, 6.07) is 10.4. The molecule has 0 unspecified atom stereocenters. The second-order valence-electron chi connectivity index (χ2n) is 4.34. The van der Waals surface area contributed by atoms with E-state index in [0.717, 1.165) is 19.6 Å². The Morgan fingerprint density at radius 2 is 2.00 bits per heavy atom. The molecule has 1 aromatic carbocycles. The molecule has 1 aliphatic rings. The first-order valence-corrected chi connectivity index (χ1v) is 5.36. The average Bonchev–Trinajstić information content (AvgIpc) is 2.17. The van der Waals surface area contributed by atoms with Gasteiger partial charge in [-0.25, -0.2) is 0 Å². The second kappa shape index (κ2) is 4.15. The molecule has 0 N–H and O–H groups in total. The second-order valence-corrected chi connectivity index (χ2v) is 4.34. The van der Waals surface area contributed by atoms with Gasteiger partial charge in [0.2, 0.25) is 0 Å². The van der Waals surface area contributed by atoms with Crippen LogP contribution >= 0.6 is 0 Å². The van der Waals surface area contributed by atoms with Gasteiger partial charge in [-0.2, -0.15) is 0 Å². The normalized spacial score (nSPS) is 18.2. The zero-order chi connectivity index (χ0) is 10.7. The molecule has 2 rings (SSSR count). The fourth-order valence-corrected chi connectivity index (χ4v) is 2.01. The van der Waals surface area contributed by atoms with Gasteiger partial charge in [-0.15, -0.1) is 0 Å². The summed E-state index contributed by atoms with van der Waals surface area (Å²) in [5.41, 5.74) is 1.41. The highest BCUT2D eigenvalue weighted by atomic mass is 16.5. The molecule has 0 saturated carbocycles. The summed E-state index contributed by atoms with van der Waals surface area (Å²) < 4.78 is 5.31. The minimum atomic E-state index is 0.104. The molecule has 0 radical (unpaired) electrons. The number of hydrogen-bond donors (Lipinski definition) is 0. The standard InChI is InChI=1S/C13H16O2/c1-11(14)7-8-13(9-15-10-13)12-5-3-2-4-6-12/h2-6H,7-10H2,1H3. The van der Waals surface area contributed by atoms with E-state index in [1.807, 2.05) is 18.2 Å². The van der Waals surface area contributed by atoms with Crippen LogP contribution in [0.3, 0.4) is 0 Å². The van der Waals surface area contributed by atoms with Crippen molar-refractivity contribution in [1.82, 2.24) is 0 Å². The Bertz CT molecular complexity index is 339. The fourth-order valence-electron chi connectivity index (χ4n) is 2.01. The molecule has 0 atom stereocenters. The number of ketones is 1. The third kappa shape index (κ3) is 2.10. The number of carbonyl (C=O) groups excluding carboxylic acids is 1. The van der Waals surface area contributed by atoms with E-state index in [1.165, 1.54) is 5.56 Å². The van der Waals surface area contributed by atoms with E-state index in [9.17, 15) is 4.79 Å². The number of Topliss-reactive ketones (excluding diaryl/α,β-unsaturated/α-hetero) is 1. The summed E-state index contributed by atoms with van der Waals surface area (Å²) in [6.45, 7) is 3.16. The van der Waals surface area contributed by atoms with Gasteiger partial charge >= 0.3 is 0 Å². The summed E-state index contributed by atoms with van der Waals surface area (Å²) >= 11 is 0. The number of ether oxygens (including phenoxy) is 1. The van der Waals surface area contributed by atoms with Crippen LogP contribution in [0.4, 0.5) is 0 Å². The zero-order valence-electron chi connectivity index (χ0n) is 9.03. The topological polar surface area (TPSA) is 26.3 Å². The Balaban J connectivity index is 2.12. The molecule has 2 heteroatoms. The molecule has 0 spiro atoms. The van der Waals surface area contributed by atoms with E-state index in [2.05, 4.69) is 12.1 Å². The van der Waals surface area contributed by atoms with Gasteiger partial charge in [-0.3, -0.25) is 0 Å². The van der Waals surface area contributed by atoms with Crippen LogP contribution in [0.2, 0.25) is 0 Å². The van der Waals surface area contributed by atoms with Gasteiger partial charge in [0.1, 0.15) is 5.78 Å². The van der Waals surface area contributed by atoms with E-state index in [4.69, 9.17) is 4.74 Å². The van der Waals surface area contributed by atoms with Gasteiger partial charge in [-0.1, -0.05) is 30.3 Å². The van der Waals surface area contributed by atoms with Gasteiger partial charge in [0.05, 0.1) is 13.2 Å². The maximum atomic E-state index is 11.0. The van der Waals surface area contributed by atoms with E-state index in [0.29, 0.717) is 6.42 Å². The smallest absolute Gasteiger partial charge is 0.129 e. The molecule has 1 fully saturated rings. The Kier molecular flexibility index (Phi) is 2.87. The molecule has 1 aliphatic heterocycles. The number of hydrogen-bond acceptors (Lipinski definition) is 2. The maximum Gasteiger partial charge on any atom is 0.129 e. The molecule has 1 heterocycles. The van der Waals surface area contributed by atoms with Crippen molar-refractivity contribution in [3.63, 3.8) is 0 Å². The molecular weight excluding hydrogens is 188 g/mol. The van der Waals surface area contributed by atoms with Gasteiger partial charge < -0.3 is 9.53 Å². The Morgan fingerprint density at radius 3 is 2.47 bits per heavy atom. The van der Waals surface area contributed by atoms with Crippen molar-refractivity contribution < 1.29 is 9.53 Å². The van der Waals surface area contributed by atoms with Crippen LogP contribution in [0.15, 0.2) is 30.3 Å². The molecule has 1 saturated heterocycles. The molecule has 0 amide bonds. The van der Waals surface area contributed by atoms with Gasteiger partial charge in [0.15, 0.2) is 0 Å². The highest BCUT2D eigenvalue weighted by Crippen LogP contribution is 2.36. The third-order valence-corrected chi connectivity index (χ3v) is 3.10. The van der Waals surface area contributed by atoms with Crippen LogP contribution in [0.5, 0.6) is 0 Å². The molecule has 0 aromatic heterocycles. The fraction of sp³-hybridized carbons (Fsp3) is 0.462. The van der Waals surface area contributed by atoms with Crippen molar-refractivity contribution in [3.8, 4) is 0 Å². The Labute approximate surface area is 90.3 Å². The summed E-state index contributed by atoms with van der Waals surface area (Å²) in [5, 5.41) is 0. The SMILES string of the molecule is CC(=O)CCC1(c2ccccc2)COC1. The predicted octanol–water partition coefficient (Wildman–Crippen LogP) is 2.32. The van der Waals surface area contributed by atoms with Crippen molar-refractivity contribution >= 4 is 5.78 Å². The predicted molar refractivity (Wildman–Crippen MR) is 58.9 cm³/mol. The Hall–Kier alpha value is -1.15. The zero-order valence-corrected chi connectivity index (χ0v) is 9.03. The monoisotopic (exact) mass is 204 g/mol. The van der Waals surface area contributed by atoms with Gasteiger partial charge in [0, 0.05) is 11.8 Å². The van der Waals surface area contributed by atoms with Crippen LogP contribution in [-0.2, 0) is 14.9 Å². The number of benzene rings is 1. The lowest BCUT2D eigenvalue weighted by molar-refractivity contribution is -0.119. The molecule has 80 valence electrons. The first kappa shape index (κ1) is 10.4. The van der Waals surface area contributed by atoms with Crippen LogP contribution in [0, 0.1) is 0 Å². The summed E-state index contributed by atoms with van der Waals surface area (Å²) in [7, 11) is 0. The van der Waals surface area contributed by atoms with Gasteiger partial charge in [-0.05, 0) is 18.9 Å². The van der Waals surface area contributed by atoms with E-state index in [-0.39, 0.29) is 11.2 Å². The molecule has 15 heavy (non-hydrogen) atoms. The molecular formula is C13H16O2. The van der Waals surface area contributed by atoms with E-state index >= 15 is 0 Å². The summed E-state index contributed by atoms with van der Waals surface area (Å²) in [4.78, 5) is 11.0. The van der Waals surface area contributed by atoms with Crippen molar-refractivity contribution in [2.45, 2.75) is 25.2 Å². The Morgan fingerprint density at radius 1 is 1.33 bits per heavy atom. The highest BCUT2D eigenvalue weighted by Gasteiger charge is 2.39. The quantitative estimate of drug-likeness (QED) is 0.752. The minimum Gasteiger partial charge on any atom is -0.379 e. The van der Waals surface area contributed by atoms with Crippen molar-refractivity contribution in [1.29, 1.82) is 0 Å². The first-order chi connectivity index (χ1) is 7.23. The van der Waals surface area contributed by atoms with Crippen LogP contribution in [0.25, 0.3) is 0 Å². The lowest BCUT2D eigenvalue weighted by Crippen LogP contribution is -2.46. The average molecular weight is 204 g/mol. The van der Waals surface area contributed by atoms with Crippen molar-refractivity contribution in [3.05, 3.63) is 35.9 Å². The largest absolute Gasteiger partial charge is 0.379 e. The molecule has 0 bridgehead atoms. The van der Waals surface area contributed by atoms with E-state index in [1.54, 1.807) is 6.92 Å². The number of rotatable bonds is 4. The molecule has 1 aromatic rings. The first-order valence-electron chi connectivity index (χ1n) is 5.36. The lowest BCUT2D eigenvalue weighted by Gasteiger charge is -2.42. The lowest BCUT2D eigenvalue weighted by atomic mass is 9.75. The molecule has 0 aliphatic carbocycles. The minimum absolute atomic E-state index is 0.104. The highest BCUT2D eigenvalue weighted by molar-refractivity contribution is 5.75. The van der Waals surface area contributed by atoms with Crippen molar-refractivity contribution in [2.75, 3.05) is 13.2 Å². The number of carbonyl (C=O) groups is 1. The van der Waals surface area contributed by atoms with Crippen LogP contribution in [-0.4, -0.2) is 19.0 Å². The van der Waals surface area contributed by atoms with E-state index < -0.39 is 0 Å². The van der Waals surface area contributed by atoms with Crippen LogP contribution < -0.4 is 0 Å². The third-order valence-electron chi connectivity index (χ3n) is 3.10. The van der Waals surface area contributed by atoms with Crippen LogP contribution in [0.1, 0.15) is 25.3 Å². The van der Waals surface area contributed by atoms with Crippen molar-refractivity contribution in [2.24, 2.45) is 0 Å². The maximum absolute atomic E-state index is 11.0. The molecule has 2 nitrogen and oxygen atoms in total. The van der Waals surface area contributed by atoms with Gasteiger partial charge in [0.25, 0.3) is 0 Å².